The van der Waals surface area contributed by atoms with Crippen molar-refractivity contribution in [2.24, 2.45) is 17.8 Å². The van der Waals surface area contributed by atoms with E-state index in [0.717, 1.165) is 0 Å². The first-order valence-electron chi connectivity index (χ1n) is 6.88. The minimum absolute atomic E-state index is 0.0501. The summed E-state index contributed by atoms with van der Waals surface area (Å²) >= 11 is 0. The van der Waals surface area contributed by atoms with Gasteiger partial charge in [-0.3, -0.25) is 9.59 Å². The molecule has 19 heavy (non-hydrogen) atoms. The van der Waals surface area contributed by atoms with Crippen LogP contribution in [0.15, 0.2) is 11.1 Å². The second-order valence-electron chi connectivity index (χ2n) is 6.45. The molecule has 4 atom stereocenters. The number of aliphatic hydroxyl groups is 2. The molecule has 4 heteroatoms. The summed E-state index contributed by atoms with van der Waals surface area (Å²) in [5.41, 5.74) is -0.369. The summed E-state index contributed by atoms with van der Waals surface area (Å²) in [6, 6.07) is 0. The van der Waals surface area contributed by atoms with Gasteiger partial charge in [-0.2, -0.15) is 0 Å². The van der Waals surface area contributed by atoms with E-state index in [2.05, 4.69) is 0 Å². The number of hydrogen-bond donors (Lipinski definition) is 2. The summed E-state index contributed by atoms with van der Waals surface area (Å²) in [6.07, 6.45) is -0.477. The average molecular weight is 266 g/mol. The van der Waals surface area contributed by atoms with Gasteiger partial charge in [0.1, 0.15) is 5.78 Å². The topological polar surface area (TPSA) is 74.6 Å². The fourth-order valence-corrected chi connectivity index (χ4v) is 3.49. The lowest BCUT2D eigenvalue weighted by molar-refractivity contribution is -0.133. The largest absolute Gasteiger partial charge is 0.388 e. The second kappa shape index (κ2) is 4.53. The van der Waals surface area contributed by atoms with Gasteiger partial charge in [0.2, 0.25) is 0 Å². The Morgan fingerprint density at radius 1 is 1.42 bits per heavy atom. The third-order valence-electron chi connectivity index (χ3n) is 4.38. The van der Waals surface area contributed by atoms with Gasteiger partial charge in [-0.1, -0.05) is 20.8 Å². The lowest BCUT2D eigenvalue weighted by Crippen LogP contribution is -2.46. The van der Waals surface area contributed by atoms with Crippen LogP contribution in [0.3, 0.4) is 0 Å². The molecule has 2 aliphatic carbocycles. The lowest BCUT2D eigenvalue weighted by atomic mass is 9.70. The maximum absolute atomic E-state index is 12.2. The fraction of sp³-hybridized carbons (Fsp3) is 0.733. The van der Waals surface area contributed by atoms with Crippen LogP contribution in [0.2, 0.25) is 0 Å². The van der Waals surface area contributed by atoms with Crippen molar-refractivity contribution in [1.82, 2.24) is 0 Å². The Hall–Kier alpha value is -1.00. The third-order valence-corrected chi connectivity index (χ3v) is 4.38. The number of carbonyl (C=O) groups excluding carboxylic acids is 2. The van der Waals surface area contributed by atoms with Crippen LogP contribution >= 0.6 is 0 Å². The van der Waals surface area contributed by atoms with Crippen LogP contribution in [0.25, 0.3) is 0 Å². The smallest absolute Gasteiger partial charge is 0.162 e. The first-order valence-corrected chi connectivity index (χ1v) is 6.88. The molecular formula is C15H22O4. The van der Waals surface area contributed by atoms with Gasteiger partial charge in [-0.25, -0.2) is 0 Å². The molecule has 0 saturated heterocycles. The van der Waals surface area contributed by atoms with Gasteiger partial charge in [0.25, 0.3) is 0 Å². The van der Waals surface area contributed by atoms with Crippen molar-refractivity contribution < 1.29 is 19.8 Å². The van der Waals surface area contributed by atoms with Crippen LogP contribution in [0.1, 0.15) is 40.5 Å². The van der Waals surface area contributed by atoms with Crippen LogP contribution in [0.5, 0.6) is 0 Å². The van der Waals surface area contributed by atoms with E-state index in [-0.39, 0.29) is 29.8 Å². The molecule has 106 valence electrons. The monoisotopic (exact) mass is 266 g/mol. The molecule has 0 fully saturated rings. The average Bonchev–Trinajstić information content (AvgIpc) is 2.59. The molecule has 0 bridgehead atoms. The number of rotatable bonds is 2. The molecule has 2 N–H and O–H groups in total. The van der Waals surface area contributed by atoms with Gasteiger partial charge in [-0.15, -0.1) is 0 Å². The van der Waals surface area contributed by atoms with Crippen molar-refractivity contribution in [3.05, 3.63) is 11.1 Å². The van der Waals surface area contributed by atoms with E-state index in [9.17, 15) is 19.8 Å². The molecule has 0 saturated carbocycles. The van der Waals surface area contributed by atoms with Gasteiger partial charge in [0.05, 0.1) is 17.6 Å². The van der Waals surface area contributed by atoms with Crippen molar-refractivity contribution in [3.63, 3.8) is 0 Å². The van der Waals surface area contributed by atoms with E-state index in [0.29, 0.717) is 17.6 Å². The van der Waals surface area contributed by atoms with E-state index in [1.807, 2.05) is 6.92 Å². The highest BCUT2D eigenvalue weighted by atomic mass is 16.3. The Morgan fingerprint density at radius 3 is 2.53 bits per heavy atom. The first-order chi connectivity index (χ1) is 8.66. The Kier molecular flexibility index (Phi) is 3.43. The lowest BCUT2D eigenvalue weighted by Gasteiger charge is -2.39. The van der Waals surface area contributed by atoms with Gasteiger partial charge < -0.3 is 10.2 Å². The molecule has 4 nitrogen and oxygen atoms in total. The number of aliphatic hydroxyl groups excluding tert-OH is 1. The van der Waals surface area contributed by atoms with Crippen LogP contribution in [-0.4, -0.2) is 33.5 Å². The summed E-state index contributed by atoms with van der Waals surface area (Å²) < 4.78 is 0. The van der Waals surface area contributed by atoms with Crippen LogP contribution in [0.4, 0.5) is 0 Å². The molecular weight excluding hydrogens is 244 g/mol. The summed E-state index contributed by atoms with van der Waals surface area (Å²) in [6.45, 7) is 7.01. The highest BCUT2D eigenvalue weighted by Crippen LogP contribution is 2.46. The first kappa shape index (κ1) is 14.4. The highest BCUT2D eigenvalue weighted by Gasteiger charge is 2.51. The normalized spacial score (nSPS) is 38.9. The van der Waals surface area contributed by atoms with Crippen molar-refractivity contribution in [1.29, 1.82) is 0 Å². The minimum atomic E-state index is -1.30. The zero-order valence-electron chi connectivity index (χ0n) is 11.9. The van der Waals surface area contributed by atoms with Gasteiger partial charge in [0, 0.05) is 17.9 Å². The highest BCUT2D eigenvalue weighted by molar-refractivity contribution is 6.02. The molecule has 0 amide bonds. The minimum Gasteiger partial charge on any atom is -0.388 e. The Bertz CT molecular complexity index is 459. The number of ketones is 2. The fourth-order valence-electron chi connectivity index (χ4n) is 3.49. The van der Waals surface area contributed by atoms with Crippen molar-refractivity contribution in [2.75, 3.05) is 0 Å². The summed E-state index contributed by atoms with van der Waals surface area (Å²) in [4.78, 5) is 24.2. The van der Waals surface area contributed by atoms with Crippen molar-refractivity contribution in [3.8, 4) is 0 Å². The van der Waals surface area contributed by atoms with Crippen LogP contribution in [0, 0.1) is 17.8 Å². The number of Topliss-reactive ketones (excluding diaryl/α,β-unsaturated/α-hetero) is 2. The Labute approximate surface area is 113 Å². The van der Waals surface area contributed by atoms with E-state index >= 15 is 0 Å². The van der Waals surface area contributed by atoms with Gasteiger partial charge >= 0.3 is 0 Å². The van der Waals surface area contributed by atoms with Crippen LogP contribution in [-0.2, 0) is 9.59 Å². The molecule has 4 unspecified atom stereocenters. The number of carbonyl (C=O) groups is 2. The SMILES string of the molecule is CC(C)C(=O)C1CC(C)(O)C2=C(C(C)CC2=O)C1O. The van der Waals surface area contributed by atoms with Crippen molar-refractivity contribution in [2.45, 2.75) is 52.2 Å². The molecule has 0 spiro atoms. The van der Waals surface area contributed by atoms with E-state index in [1.165, 1.54) is 0 Å². The van der Waals surface area contributed by atoms with E-state index in [4.69, 9.17) is 0 Å². The molecule has 0 heterocycles. The quantitative estimate of drug-likeness (QED) is 0.789. The zero-order chi connectivity index (χ0) is 14.5. The molecule has 2 rings (SSSR count). The molecule has 0 aromatic rings. The molecule has 0 aliphatic heterocycles. The molecule has 0 radical (unpaired) electrons. The van der Waals surface area contributed by atoms with Gasteiger partial charge in [-0.05, 0) is 24.8 Å². The molecule has 0 aromatic heterocycles. The summed E-state index contributed by atoms with van der Waals surface area (Å²) in [5.74, 6) is -1.04. The maximum atomic E-state index is 12.2. The second-order valence-corrected chi connectivity index (χ2v) is 6.45. The van der Waals surface area contributed by atoms with E-state index < -0.39 is 17.6 Å². The third kappa shape index (κ3) is 2.17. The van der Waals surface area contributed by atoms with Gasteiger partial charge in [0.15, 0.2) is 5.78 Å². The molecule has 2 aliphatic rings. The molecule has 0 aromatic carbocycles. The predicted molar refractivity (Wildman–Crippen MR) is 70.4 cm³/mol. The Balaban J connectivity index is 2.47. The maximum Gasteiger partial charge on any atom is 0.162 e. The summed E-state index contributed by atoms with van der Waals surface area (Å²) in [5, 5.41) is 20.9. The van der Waals surface area contributed by atoms with Crippen LogP contribution < -0.4 is 0 Å². The van der Waals surface area contributed by atoms with Crippen molar-refractivity contribution >= 4 is 11.6 Å². The van der Waals surface area contributed by atoms with E-state index in [1.54, 1.807) is 20.8 Å². The Morgan fingerprint density at radius 2 is 2.00 bits per heavy atom. The summed E-state index contributed by atoms with van der Waals surface area (Å²) in [7, 11) is 0. The number of hydrogen-bond acceptors (Lipinski definition) is 4. The standard InChI is InChI=1S/C15H22O4/c1-7(2)13(17)9-6-15(4,19)12-10(16)5-8(3)11(12)14(9)18/h7-9,14,18-19H,5-6H2,1-4H3. The zero-order valence-corrected chi connectivity index (χ0v) is 11.9. The predicted octanol–water partition coefficient (Wildman–Crippen LogP) is 1.25.